The fourth-order valence-corrected chi connectivity index (χ4v) is 4.26. The van der Waals surface area contributed by atoms with Gasteiger partial charge in [0, 0.05) is 22.9 Å². The lowest BCUT2D eigenvalue weighted by molar-refractivity contribution is -0.385. The number of benzene rings is 2. The average molecular weight is 498 g/mol. The molecule has 2 aromatic carbocycles. The molecule has 0 radical (unpaired) electrons. The van der Waals surface area contributed by atoms with Crippen molar-refractivity contribution in [2.24, 2.45) is 0 Å². The Labute approximate surface area is 202 Å². The minimum Gasteiger partial charge on any atom is -0.487 e. The molecule has 174 valence electrons. The molecule has 0 atom stereocenters. The molecule has 13 heteroatoms. The van der Waals surface area contributed by atoms with E-state index in [2.05, 4.69) is 25.9 Å². The lowest BCUT2D eigenvalue weighted by atomic mass is 10.1. The molecule has 2 heterocycles. The second-order valence-electron chi connectivity index (χ2n) is 7.16. The van der Waals surface area contributed by atoms with Crippen LogP contribution in [-0.4, -0.2) is 42.4 Å². The number of carbonyl (C=O) groups excluding carboxylic acids is 1. The molecule has 0 unspecified atom stereocenters. The van der Waals surface area contributed by atoms with Crippen molar-refractivity contribution in [3.63, 3.8) is 0 Å². The summed E-state index contributed by atoms with van der Waals surface area (Å²) in [5, 5.41) is 30.3. The molecule has 2 N–H and O–H groups in total. The first-order valence-corrected chi connectivity index (χ1v) is 11.3. The van der Waals surface area contributed by atoms with Crippen LogP contribution in [0.5, 0.6) is 5.75 Å². The average Bonchev–Trinajstić information content (AvgIpc) is 3.37. The Balaban J connectivity index is 1.46. The van der Waals surface area contributed by atoms with E-state index >= 15 is 0 Å². The van der Waals surface area contributed by atoms with Gasteiger partial charge < -0.3 is 10.1 Å². The van der Waals surface area contributed by atoms with Crippen LogP contribution in [0.2, 0.25) is 0 Å². The van der Waals surface area contributed by atoms with E-state index in [0.717, 1.165) is 22.2 Å². The number of anilines is 1. The van der Waals surface area contributed by atoms with Gasteiger partial charge in [0.05, 0.1) is 11.5 Å². The maximum Gasteiger partial charge on any atom is 0.311 e. The van der Waals surface area contributed by atoms with Gasteiger partial charge in [0.25, 0.3) is 5.91 Å². The zero-order chi connectivity index (χ0) is 24.4. The predicted molar refractivity (Wildman–Crippen MR) is 132 cm³/mol. The number of nitro benzene ring substituents is 1. The first kappa shape index (κ1) is 23.2. The van der Waals surface area contributed by atoms with Crippen LogP contribution >= 0.6 is 23.6 Å². The third kappa shape index (κ3) is 4.70. The van der Waals surface area contributed by atoms with E-state index in [-0.39, 0.29) is 28.7 Å². The summed E-state index contributed by atoms with van der Waals surface area (Å²) in [4.78, 5) is 24.0. The van der Waals surface area contributed by atoms with Crippen molar-refractivity contribution < 1.29 is 14.5 Å². The molecule has 2 aromatic heterocycles. The maximum atomic E-state index is 12.6. The minimum absolute atomic E-state index is 0.0619. The van der Waals surface area contributed by atoms with Crippen LogP contribution in [-0.2, 0) is 0 Å². The van der Waals surface area contributed by atoms with Crippen molar-refractivity contribution in [3.8, 4) is 16.3 Å². The standard InChI is InChI=1S/C21H19N7O4S2/c1-4-32-17-8-6-13(10-16(17)28(30)31)18(29)23-20(33)22-15-7-5-14(9-11(15)2)19-26-27-12(3)24-25-21(27)34-19/h5-10H,4H2,1-3H3,(H2,22,23,29,33). The van der Waals surface area contributed by atoms with Gasteiger partial charge in [0.1, 0.15) is 5.01 Å². The normalized spacial score (nSPS) is 10.8. The van der Waals surface area contributed by atoms with Crippen LogP contribution in [0.3, 0.4) is 0 Å². The Morgan fingerprint density at radius 2 is 2.03 bits per heavy atom. The topological polar surface area (TPSA) is 137 Å². The molecule has 0 spiro atoms. The van der Waals surface area contributed by atoms with Gasteiger partial charge in [-0.2, -0.15) is 9.61 Å². The lowest BCUT2D eigenvalue weighted by Gasteiger charge is -2.13. The summed E-state index contributed by atoms with van der Waals surface area (Å²) in [5.41, 5.74) is 2.29. The Hall–Kier alpha value is -3.97. The summed E-state index contributed by atoms with van der Waals surface area (Å²) in [6.07, 6.45) is 0. The highest BCUT2D eigenvalue weighted by Crippen LogP contribution is 2.29. The number of carbonyl (C=O) groups is 1. The van der Waals surface area contributed by atoms with E-state index < -0.39 is 10.8 Å². The number of aryl methyl sites for hydroxylation is 2. The minimum atomic E-state index is -0.596. The van der Waals surface area contributed by atoms with Crippen molar-refractivity contribution in [2.45, 2.75) is 20.8 Å². The van der Waals surface area contributed by atoms with Crippen LogP contribution in [0.15, 0.2) is 36.4 Å². The van der Waals surface area contributed by atoms with Crippen molar-refractivity contribution in [1.29, 1.82) is 0 Å². The van der Waals surface area contributed by atoms with E-state index in [1.54, 1.807) is 11.4 Å². The van der Waals surface area contributed by atoms with Gasteiger partial charge in [-0.3, -0.25) is 20.2 Å². The number of hydrogen-bond donors (Lipinski definition) is 2. The summed E-state index contributed by atoms with van der Waals surface area (Å²) in [6.45, 7) is 5.72. The summed E-state index contributed by atoms with van der Waals surface area (Å²) in [7, 11) is 0. The number of ether oxygens (including phenoxy) is 1. The molecule has 0 aliphatic heterocycles. The number of fused-ring (bicyclic) bond motifs is 1. The number of aromatic nitrogens is 4. The molecule has 11 nitrogen and oxygen atoms in total. The van der Waals surface area contributed by atoms with E-state index in [1.807, 2.05) is 32.0 Å². The molecule has 0 bridgehead atoms. The molecule has 0 fully saturated rings. The van der Waals surface area contributed by atoms with E-state index in [0.29, 0.717) is 16.5 Å². The second-order valence-corrected chi connectivity index (χ2v) is 8.52. The highest BCUT2D eigenvalue weighted by atomic mass is 32.1. The third-order valence-electron chi connectivity index (χ3n) is 4.81. The van der Waals surface area contributed by atoms with E-state index in [1.165, 1.54) is 23.5 Å². The summed E-state index contributed by atoms with van der Waals surface area (Å²) >= 11 is 6.70. The Bertz CT molecular complexity index is 1430. The molecule has 0 aliphatic rings. The van der Waals surface area contributed by atoms with E-state index in [4.69, 9.17) is 17.0 Å². The van der Waals surface area contributed by atoms with Crippen LogP contribution < -0.4 is 15.4 Å². The van der Waals surface area contributed by atoms with Crippen molar-refractivity contribution >= 4 is 50.9 Å². The lowest BCUT2D eigenvalue weighted by Crippen LogP contribution is -2.34. The number of rotatable bonds is 6. The third-order valence-corrected chi connectivity index (χ3v) is 5.97. The zero-order valence-electron chi connectivity index (χ0n) is 18.4. The van der Waals surface area contributed by atoms with Gasteiger partial charge in [-0.25, -0.2) is 0 Å². The number of nitrogens with zero attached hydrogens (tertiary/aromatic N) is 5. The predicted octanol–water partition coefficient (Wildman–Crippen LogP) is 3.90. The number of nitro groups is 1. The van der Waals surface area contributed by atoms with Gasteiger partial charge >= 0.3 is 5.69 Å². The molecule has 0 saturated heterocycles. The highest BCUT2D eigenvalue weighted by molar-refractivity contribution is 7.80. The van der Waals surface area contributed by atoms with Crippen LogP contribution in [0, 0.1) is 24.0 Å². The molecule has 4 rings (SSSR count). The molecular weight excluding hydrogens is 478 g/mol. The number of amides is 1. The Morgan fingerprint density at radius 3 is 2.71 bits per heavy atom. The van der Waals surface area contributed by atoms with Gasteiger partial charge in [-0.1, -0.05) is 11.3 Å². The largest absolute Gasteiger partial charge is 0.487 e. The number of nitrogens with one attached hydrogen (secondary N) is 2. The van der Waals surface area contributed by atoms with Gasteiger partial charge in [-0.15, -0.1) is 10.2 Å². The molecule has 4 aromatic rings. The fourth-order valence-electron chi connectivity index (χ4n) is 3.18. The first-order valence-electron chi connectivity index (χ1n) is 10.1. The smallest absolute Gasteiger partial charge is 0.311 e. The van der Waals surface area contributed by atoms with Crippen LogP contribution in [0.25, 0.3) is 15.5 Å². The van der Waals surface area contributed by atoms with Crippen molar-refractivity contribution in [3.05, 3.63) is 63.5 Å². The number of hydrogen-bond acceptors (Lipinski definition) is 9. The van der Waals surface area contributed by atoms with Crippen LogP contribution in [0.1, 0.15) is 28.7 Å². The van der Waals surface area contributed by atoms with Gasteiger partial charge in [0.2, 0.25) is 4.96 Å². The number of thiocarbonyl (C=S) groups is 1. The van der Waals surface area contributed by atoms with Crippen molar-refractivity contribution in [2.75, 3.05) is 11.9 Å². The quantitative estimate of drug-likeness (QED) is 0.231. The SMILES string of the molecule is CCOc1ccc(C(=O)NC(=S)Nc2ccc(-c3nn4c(C)nnc4s3)cc2C)cc1[N+](=O)[O-]. The maximum absolute atomic E-state index is 12.6. The van der Waals surface area contributed by atoms with Crippen LogP contribution in [0.4, 0.5) is 11.4 Å². The molecular formula is C21H19N7O4S2. The van der Waals surface area contributed by atoms with Gasteiger partial charge in [-0.05, 0) is 68.9 Å². The Morgan fingerprint density at radius 1 is 1.24 bits per heavy atom. The summed E-state index contributed by atoms with van der Waals surface area (Å²) < 4.78 is 6.93. The van der Waals surface area contributed by atoms with Gasteiger partial charge in [0.15, 0.2) is 16.7 Å². The zero-order valence-corrected chi connectivity index (χ0v) is 20.0. The summed E-state index contributed by atoms with van der Waals surface area (Å²) in [5.74, 6) is 0.236. The molecule has 0 aliphatic carbocycles. The van der Waals surface area contributed by atoms with E-state index in [9.17, 15) is 14.9 Å². The first-order chi connectivity index (χ1) is 16.3. The molecule has 1 amide bonds. The highest BCUT2D eigenvalue weighted by Gasteiger charge is 2.19. The monoisotopic (exact) mass is 497 g/mol. The van der Waals surface area contributed by atoms with Crippen molar-refractivity contribution in [1.82, 2.24) is 25.1 Å². The molecule has 34 heavy (non-hydrogen) atoms. The second kappa shape index (κ2) is 9.49. The molecule has 0 saturated carbocycles. The summed E-state index contributed by atoms with van der Waals surface area (Å²) in [6, 6.07) is 9.66. The Kier molecular flexibility index (Phi) is 6.47. The fraction of sp³-hybridized carbons (Fsp3) is 0.190.